The van der Waals surface area contributed by atoms with Gasteiger partial charge in [0.15, 0.2) is 0 Å². The highest BCUT2D eigenvalue weighted by Crippen LogP contribution is 2.67. The van der Waals surface area contributed by atoms with Crippen LogP contribution in [0.25, 0.3) is 55.6 Å². The van der Waals surface area contributed by atoms with Crippen molar-refractivity contribution in [3.63, 3.8) is 0 Å². The number of fused-ring (bicyclic) bond motifs is 17. The van der Waals surface area contributed by atoms with E-state index in [1.54, 1.807) is 0 Å². The molecule has 0 heterocycles. The Bertz CT molecular complexity index is 3320. The lowest BCUT2D eigenvalue weighted by molar-refractivity contribution is 0.660. The van der Waals surface area contributed by atoms with E-state index in [1.807, 2.05) is 0 Å². The van der Waals surface area contributed by atoms with Crippen molar-refractivity contribution in [1.82, 2.24) is 0 Å². The zero-order chi connectivity index (χ0) is 41.5. The van der Waals surface area contributed by atoms with Gasteiger partial charge >= 0.3 is 0 Å². The minimum absolute atomic E-state index is 0.108. The average Bonchev–Trinajstić information content (AvgIpc) is 3.95. The fourth-order valence-electron chi connectivity index (χ4n) is 12.4. The molecule has 9 aromatic carbocycles. The van der Waals surface area contributed by atoms with E-state index >= 15 is 0 Å². The van der Waals surface area contributed by atoms with Crippen LogP contribution in [0, 0.1) is 0 Å². The topological polar surface area (TPSA) is 3.24 Å². The number of hydrogen-bond acceptors (Lipinski definition) is 1. The van der Waals surface area contributed by atoms with Gasteiger partial charge in [-0.3, -0.25) is 0 Å². The van der Waals surface area contributed by atoms with Gasteiger partial charge in [0.25, 0.3) is 0 Å². The Labute approximate surface area is 364 Å². The van der Waals surface area contributed by atoms with Crippen LogP contribution in [0.15, 0.2) is 200 Å². The van der Waals surface area contributed by atoms with Gasteiger partial charge in [-0.1, -0.05) is 185 Å². The first-order valence-corrected chi connectivity index (χ1v) is 22.1. The maximum absolute atomic E-state index is 2.61. The Balaban J connectivity index is 1.09. The van der Waals surface area contributed by atoms with Gasteiger partial charge in [0.05, 0.1) is 5.41 Å². The monoisotopic (exact) mass is 791 g/mol. The fraction of sp³-hybridized carbons (Fsp3) is 0.115. The molecule has 4 aliphatic rings. The molecule has 0 amide bonds. The average molecular weight is 792 g/mol. The Kier molecular flexibility index (Phi) is 7.12. The summed E-state index contributed by atoms with van der Waals surface area (Å²) in [6.45, 7) is 9.62. The molecule has 13 rings (SSSR count). The molecule has 0 aromatic heterocycles. The van der Waals surface area contributed by atoms with Gasteiger partial charge in [-0.25, -0.2) is 0 Å². The molecule has 0 N–H and O–H groups in total. The number of hydrogen-bond donors (Lipinski definition) is 0. The molecule has 294 valence electrons. The van der Waals surface area contributed by atoms with Crippen LogP contribution >= 0.6 is 0 Å². The zero-order valence-electron chi connectivity index (χ0n) is 35.5. The van der Waals surface area contributed by atoms with E-state index in [0.717, 1.165) is 17.1 Å². The minimum Gasteiger partial charge on any atom is -0.310 e. The Morgan fingerprint density at radius 3 is 1.40 bits per heavy atom. The molecule has 1 heteroatoms. The summed E-state index contributed by atoms with van der Waals surface area (Å²) < 4.78 is 0. The van der Waals surface area contributed by atoms with Gasteiger partial charge < -0.3 is 4.90 Å². The highest BCUT2D eigenvalue weighted by atomic mass is 15.1. The van der Waals surface area contributed by atoms with Crippen LogP contribution in [0.4, 0.5) is 17.1 Å². The second kappa shape index (κ2) is 12.4. The highest BCUT2D eigenvalue weighted by molar-refractivity contribution is 6.06. The molecule has 0 saturated carbocycles. The molecule has 0 atom stereocenters. The van der Waals surface area contributed by atoms with E-state index in [4.69, 9.17) is 0 Å². The van der Waals surface area contributed by atoms with Crippen molar-refractivity contribution in [2.75, 3.05) is 4.90 Å². The highest BCUT2D eigenvalue weighted by Gasteiger charge is 2.54. The van der Waals surface area contributed by atoms with Crippen LogP contribution in [0.1, 0.15) is 72.2 Å². The van der Waals surface area contributed by atoms with Crippen LogP contribution in [0.5, 0.6) is 0 Å². The first kappa shape index (κ1) is 35.5. The summed E-state index contributed by atoms with van der Waals surface area (Å²) in [5.41, 5.74) is 27.0. The molecule has 0 unspecified atom stereocenters. The lowest BCUT2D eigenvalue weighted by Crippen LogP contribution is -2.26. The van der Waals surface area contributed by atoms with Gasteiger partial charge in [-0.15, -0.1) is 0 Å². The van der Waals surface area contributed by atoms with Gasteiger partial charge in [0, 0.05) is 27.9 Å². The van der Waals surface area contributed by atoms with E-state index in [-0.39, 0.29) is 10.8 Å². The van der Waals surface area contributed by atoms with Crippen LogP contribution in [-0.4, -0.2) is 0 Å². The fourth-order valence-corrected chi connectivity index (χ4v) is 12.4. The predicted molar refractivity (Wildman–Crippen MR) is 258 cm³/mol. The third-order valence-electron chi connectivity index (χ3n) is 15.0. The molecule has 0 bridgehead atoms. The second-order valence-electron chi connectivity index (χ2n) is 18.8. The summed E-state index contributed by atoms with van der Waals surface area (Å²) in [5.74, 6) is 0. The summed E-state index contributed by atoms with van der Waals surface area (Å²) in [6.07, 6.45) is 0. The van der Waals surface area contributed by atoms with Crippen LogP contribution in [-0.2, 0) is 16.2 Å². The molecule has 9 aromatic rings. The van der Waals surface area contributed by atoms with Crippen molar-refractivity contribution < 1.29 is 0 Å². The molecule has 1 spiro atoms. The normalized spacial score (nSPS) is 15.5. The van der Waals surface area contributed by atoms with E-state index in [1.165, 1.54) is 100 Å². The Morgan fingerprint density at radius 1 is 0.290 bits per heavy atom. The number of nitrogens with zero attached hydrogens (tertiary/aromatic N) is 1. The van der Waals surface area contributed by atoms with Crippen molar-refractivity contribution >= 4 is 17.1 Å². The Hall–Kier alpha value is -7.22. The standard InChI is InChI=1S/C61H45N/c1-59(2)49-28-13-8-23-42(49)45-34-33-41(36-54(45)59)62(39-20-6-5-7-21-39)40-22-18-19-38(35-40)48-37-55-56(57-46-26-11-14-29-50(46)60(3,4)58(48)57)47-27-12-17-32-53(47)61(55)51-30-15-9-24-43(51)44-25-10-16-31-52(44)61/h5-37H,1-4H3. The van der Waals surface area contributed by atoms with Gasteiger partial charge in [0.1, 0.15) is 0 Å². The van der Waals surface area contributed by atoms with Crippen LogP contribution in [0.2, 0.25) is 0 Å². The third kappa shape index (κ3) is 4.43. The number of rotatable bonds is 4. The number of para-hydroxylation sites is 1. The molecule has 62 heavy (non-hydrogen) atoms. The summed E-state index contributed by atoms with van der Waals surface area (Å²) in [4.78, 5) is 2.46. The molecular formula is C61H45N. The summed E-state index contributed by atoms with van der Waals surface area (Å²) in [6, 6.07) is 75.7. The van der Waals surface area contributed by atoms with Gasteiger partial charge in [0.2, 0.25) is 0 Å². The van der Waals surface area contributed by atoms with Crippen molar-refractivity contribution in [3.8, 4) is 55.6 Å². The molecule has 4 aliphatic carbocycles. The van der Waals surface area contributed by atoms with Crippen LogP contribution in [0.3, 0.4) is 0 Å². The van der Waals surface area contributed by atoms with Gasteiger partial charge in [-0.05, 0) is 143 Å². The molecule has 0 fully saturated rings. The smallest absolute Gasteiger partial charge is 0.0725 e. The number of benzene rings is 9. The first-order valence-electron chi connectivity index (χ1n) is 22.1. The lowest BCUT2D eigenvalue weighted by Gasteiger charge is -2.32. The van der Waals surface area contributed by atoms with Gasteiger partial charge in [-0.2, -0.15) is 0 Å². The first-order chi connectivity index (χ1) is 30.3. The third-order valence-corrected chi connectivity index (χ3v) is 15.0. The summed E-state index contributed by atoms with van der Waals surface area (Å²) >= 11 is 0. The Morgan fingerprint density at radius 2 is 0.758 bits per heavy atom. The summed E-state index contributed by atoms with van der Waals surface area (Å²) in [5, 5.41) is 0. The van der Waals surface area contributed by atoms with Crippen molar-refractivity contribution in [1.29, 1.82) is 0 Å². The van der Waals surface area contributed by atoms with E-state index in [0.29, 0.717) is 0 Å². The largest absolute Gasteiger partial charge is 0.310 e. The van der Waals surface area contributed by atoms with Crippen molar-refractivity contribution in [2.24, 2.45) is 0 Å². The lowest BCUT2D eigenvalue weighted by atomic mass is 9.69. The zero-order valence-corrected chi connectivity index (χ0v) is 35.5. The van der Waals surface area contributed by atoms with E-state index in [9.17, 15) is 0 Å². The molecular weight excluding hydrogens is 747 g/mol. The van der Waals surface area contributed by atoms with E-state index in [2.05, 4.69) is 233 Å². The minimum atomic E-state index is -0.451. The SMILES string of the molecule is CC1(C)c2ccccc2-c2ccc(N(c3ccccc3)c3cccc(-c4cc5c(c6c4C(C)(C)c4ccccc4-6)-c4ccccc4C54c5ccccc5-c5ccccc54)c3)cc21. The maximum Gasteiger partial charge on any atom is 0.0725 e. The summed E-state index contributed by atoms with van der Waals surface area (Å²) in [7, 11) is 0. The predicted octanol–water partition coefficient (Wildman–Crippen LogP) is 15.8. The van der Waals surface area contributed by atoms with Crippen molar-refractivity contribution in [2.45, 2.75) is 43.9 Å². The quantitative estimate of drug-likeness (QED) is 0.172. The number of anilines is 3. The maximum atomic E-state index is 2.61. The molecule has 0 radical (unpaired) electrons. The van der Waals surface area contributed by atoms with Crippen molar-refractivity contribution in [3.05, 3.63) is 245 Å². The van der Waals surface area contributed by atoms with Crippen LogP contribution < -0.4 is 4.90 Å². The molecule has 0 saturated heterocycles. The molecule has 1 nitrogen and oxygen atoms in total. The second-order valence-corrected chi connectivity index (χ2v) is 18.8. The van der Waals surface area contributed by atoms with E-state index < -0.39 is 5.41 Å². The molecule has 0 aliphatic heterocycles.